The van der Waals surface area contributed by atoms with Crippen molar-refractivity contribution in [1.29, 1.82) is 0 Å². The Kier molecular flexibility index (Phi) is 5.55. The Morgan fingerprint density at radius 2 is 2.11 bits per heavy atom. The number of nitrogens with zero attached hydrogens (tertiary/aromatic N) is 2. The largest absolute Gasteiger partial charge is 0.354 e. The molecule has 0 saturated carbocycles. The zero-order valence-corrected chi connectivity index (χ0v) is 11.6. The predicted octanol–water partition coefficient (Wildman–Crippen LogP) is 1.99. The lowest BCUT2D eigenvalue weighted by molar-refractivity contribution is 0.0944. The smallest absolute Gasteiger partial charge is 0.270 e. The monoisotopic (exact) mass is 250 g/mol. The highest BCUT2D eigenvalue weighted by molar-refractivity contribution is 5.92. The van der Waals surface area contributed by atoms with Crippen molar-refractivity contribution >= 4 is 11.9 Å². The van der Waals surface area contributed by atoms with Gasteiger partial charge in [0.15, 0.2) is 0 Å². The van der Waals surface area contributed by atoms with Gasteiger partial charge in [-0.2, -0.15) is 0 Å². The van der Waals surface area contributed by atoms with Gasteiger partial charge in [0, 0.05) is 18.8 Å². The first-order chi connectivity index (χ1) is 8.52. The fourth-order valence-corrected chi connectivity index (χ4v) is 1.39. The molecule has 2 N–H and O–H groups in total. The average Bonchev–Trinajstić information content (AvgIpc) is 2.32. The second-order valence-electron chi connectivity index (χ2n) is 4.75. The molecule has 1 heterocycles. The van der Waals surface area contributed by atoms with Crippen LogP contribution in [0.25, 0.3) is 0 Å². The van der Waals surface area contributed by atoms with Gasteiger partial charge in [-0.3, -0.25) is 4.79 Å². The van der Waals surface area contributed by atoms with E-state index >= 15 is 0 Å². The van der Waals surface area contributed by atoms with Crippen LogP contribution in [0.3, 0.4) is 0 Å². The molecule has 0 saturated heterocycles. The number of aryl methyl sites for hydroxylation is 1. The Morgan fingerprint density at radius 1 is 1.39 bits per heavy atom. The highest BCUT2D eigenvalue weighted by atomic mass is 16.1. The lowest BCUT2D eigenvalue weighted by Crippen LogP contribution is -2.28. The number of hydrogen-bond acceptors (Lipinski definition) is 4. The van der Waals surface area contributed by atoms with E-state index in [2.05, 4.69) is 41.4 Å². The first kappa shape index (κ1) is 14.4. The van der Waals surface area contributed by atoms with Crippen molar-refractivity contribution in [2.24, 2.45) is 5.92 Å². The fraction of sp³-hybridized carbons (Fsp3) is 0.615. The van der Waals surface area contributed by atoms with Crippen LogP contribution in [0.2, 0.25) is 0 Å². The summed E-state index contributed by atoms with van der Waals surface area (Å²) in [6.45, 7) is 9.49. The Morgan fingerprint density at radius 3 is 2.72 bits per heavy atom. The summed E-state index contributed by atoms with van der Waals surface area (Å²) < 4.78 is 0. The highest BCUT2D eigenvalue weighted by Crippen LogP contribution is 2.05. The molecule has 0 fully saturated rings. The third-order valence-electron chi connectivity index (χ3n) is 2.29. The Labute approximate surface area is 108 Å². The number of carbonyl (C=O) groups excluding carboxylic acids is 1. The minimum atomic E-state index is -0.145. The third-order valence-corrected chi connectivity index (χ3v) is 2.29. The molecule has 0 aliphatic heterocycles. The number of carbonyl (C=O) groups is 1. The normalized spacial score (nSPS) is 10.5. The number of anilines is 1. The van der Waals surface area contributed by atoms with E-state index in [1.807, 2.05) is 6.92 Å². The SMILES string of the molecule is CCCNc1nc(C)cc(C(=O)NCC(C)C)n1. The van der Waals surface area contributed by atoms with E-state index in [1.54, 1.807) is 6.07 Å². The van der Waals surface area contributed by atoms with E-state index in [0.29, 0.717) is 24.1 Å². The molecular weight excluding hydrogens is 228 g/mol. The molecule has 5 nitrogen and oxygen atoms in total. The summed E-state index contributed by atoms with van der Waals surface area (Å²) in [4.78, 5) is 20.4. The van der Waals surface area contributed by atoms with Crippen LogP contribution in [0.4, 0.5) is 5.95 Å². The summed E-state index contributed by atoms with van der Waals surface area (Å²) in [7, 11) is 0. The summed E-state index contributed by atoms with van der Waals surface area (Å²) in [5.74, 6) is 0.801. The second-order valence-corrected chi connectivity index (χ2v) is 4.75. The first-order valence-corrected chi connectivity index (χ1v) is 6.40. The van der Waals surface area contributed by atoms with Crippen LogP contribution >= 0.6 is 0 Å². The van der Waals surface area contributed by atoms with Crippen molar-refractivity contribution in [2.45, 2.75) is 34.1 Å². The lowest BCUT2D eigenvalue weighted by atomic mass is 10.2. The quantitative estimate of drug-likeness (QED) is 0.810. The van der Waals surface area contributed by atoms with Gasteiger partial charge in [0.1, 0.15) is 5.69 Å². The maximum absolute atomic E-state index is 11.9. The summed E-state index contributed by atoms with van der Waals surface area (Å²) >= 11 is 0. The van der Waals surface area contributed by atoms with E-state index in [9.17, 15) is 4.79 Å². The van der Waals surface area contributed by atoms with Gasteiger partial charge in [-0.15, -0.1) is 0 Å². The van der Waals surface area contributed by atoms with Gasteiger partial charge in [-0.25, -0.2) is 9.97 Å². The fourth-order valence-electron chi connectivity index (χ4n) is 1.39. The molecule has 0 unspecified atom stereocenters. The van der Waals surface area contributed by atoms with E-state index in [4.69, 9.17) is 0 Å². The average molecular weight is 250 g/mol. The van der Waals surface area contributed by atoms with E-state index in [0.717, 1.165) is 18.7 Å². The third kappa shape index (κ3) is 4.69. The van der Waals surface area contributed by atoms with Crippen molar-refractivity contribution in [2.75, 3.05) is 18.4 Å². The number of nitrogens with one attached hydrogen (secondary N) is 2. The summed E-state index contributed by atoms with van der Waals surface area (Å²) in [6, 6.07) is 1.70. The van der Waals surface area contributed by atoms with Crippen molar-refractivity contribution < 1.29 is 4.79 Å². The van der Waals surface area contributed by atoms with Crippen molar-refractivity contribution in [1.82, 2.24) is 15.3 Å². The van der Waals surface area contributed by atoms with Crippen LogP contribution in [0.1, 0.15) is 43.4 Å². The van der Waals surface area contributed by atoms with E-state index in [-0.39, 0.29) is 5.91 Å². The molecule has 0 aliphatic rings. The molecule has 0 aromatic carbocycles. The number of aromatic nitrogens is 2. The maximum Gasteiger partial charge on any atom is 0.270 e. The van der Waals surface area contributed by atoms with Gasteiger partial charge in [0.05, 0.1) is 0 Å². The van der Waals surface area contributed by atoms with Crippen LogP contribution in [0, 0.1) is 12.8 Å². The van der Waals surface area contributed by atoms with Crippen molar-refractivity contribution in [3.8, 4) is 0 Å². The first-order valence-electron chi connectivity index (χ1n) is 6.40. The van der Waals surface area contributed by atoms with Gasteiger partial charge < -0.3 is 10.6 Å². The molecule has 1 aromatic heterocycles. The zero-order chi connectivity index (χ0) is 13.5. The van der Waals surface area contributed by atoms with Crippen LogP contribution < -0.4 is 10.6 Å². The van der Waals surface area contributed by atoms with E-state index in [1.165, 1.54) is 0 Å². The van der Waals surface area contributed by atoms with E-state index < -0.39 is 0 Å². The van der Waals surface area contributed by atoms with Gasteiger partial charge in [0.2, 0.25) is 5.95 Å². The number of hydrogen-bond donors (Lipinski definition) is 2. The molecule has 100 valence electrons. The van der Waals surface area contributed by atoms with Gasteiger partial charge in [0.25, 0.3) is 5.91 Å². The molecule has 18 heavy (non-hydrogen) atoms. The number of rotatable bonds is 6. The van der Waals surface area contributed by atoms with Crippen LogP contribution in [-0.4, -0.2) is 29.0 Å². The minimum Gasteiger partial charge on any atom is -0.354 e. The summed E-state index contributed by atoms with van der Waals surface area (Å²) in [5, 5.41) is 5.94. The van der Waals surface area contributed by atoms with Gasteiger partial charge in [-0.1, -0.05) is 20.8 Å². The predicted molar refractivity (Wildman–Crippen MR) is 72.7 cm³/mol. The second kappa shape index (κ2) is 6.93. The molecule has 0 atom stereocenters. The molecule has 0 spiro atoms. The molecule has 1 aromatic rings. The van der Waals surface area contributed by atoms with Crippen molar-refractivity contribution in [3.63, 3.8) is 0 Å². The molecule has 0 radical (unpaired) electrons. The molecule has 0 bridgehead atoms. The number of amides is 1. The molecule has 1 amide bonds. The molecule has 1 rings (SSSR count). The molecule has 5 heteroatoms. The Bertz CT molecular complexity index is 404. The van der Waals surface area contributed by atoms with Crippen molar-refractivity contribution in [3.05, 3.63) is 17.5 Å². The van der Waals surface area contributed by atoms with Gasteiger partial charge in [-0.05, 0) is 25.3 Å². The van der Waals surface area contributed by atoms with Crippen LogP contribution in [0.5, 0.6) is 0 Å². The Hall–Kier alpha value is -1.65. The molecule has 0 aliphatic carbocycles. The van der Waals surface area contributed by atoms with Crippen LogP contribution in [0.15, 0.2) is 6.07 Å². The maximum atomic E-state index is 11.9. The summed E-state index contributed by atoms with van der Waals surface area (Å²) in [5.41, 5.74) is 1.21. The lowest BCUT2D eigenvalue weighted by Gasteiger charge is -2.09. The van der Waals surface area contributed by atoms with Crippen LogP contribution in [-0.2, 0) is 0 Å². The molecular formula is C13H22N4O. The summed E-state index contributed by atoms with van der Waals surface area (Å²) in [6.07, 6.45) is 0.992. The Balaban J connectivity index is 2.75. The highest BCUT2D eigenvalue weighted by Gasteiger charge is 2.10. The zero-order valence-electron chi connectivity index (χ0n) is 11.6. The minimum absolute atomic E-state index is 0.145. The van der Waals surface area contributed by atoms with Gasteiger partial charge >= 0.3 is 0 Å². The standard InChI is InChI=1S/C13H22N4O/c1-5-6-14-13-16-10(4)7-11(17-13)12(18)15-8-9(2)3/h7,9H,5-6,8H2,1-4H3,(H,15,18)(H,14,16,17). The topological polar surface area (TPSA) is 66.9 Å².